The Morgan fingerprint density at radius 3 is 2.39 bits per heavy atom. The number of methoxy groups -OCH3 is 1. The maximum Gasteiger partial charge on any atom is 0.329 e. The maximum atomic E-state index is 15.6. The summed E-state index contributed by atoms with van der Waals surface area (Å²) in [6.07, 6.45) is 5.69. The Labute approximate surface area is 281 Å². The van der Waals surface area contributed by atoms with Crippen molar-refractivity contribution in [3.63, 3.8) is 0 Å². The molecule has 7 rings (SSSR count). The van der Waals surface area contributed by atoms with Crippen LogP contribution in [0.3, 0.4) is 0 Å². The number of nitrogens with one attached hydrogen (secondary N) is 1. The summed E-state index contributed by atoms with van der Waals surface area (Å²) in [5, 5.41) is 23.4. The molecule has 5 heterocycles. The van der Waals surface area contributed by atoms with Gasteiger partial charge in [0.15, 0.2) is 11.6 Å². The summed E-state index contributed by atoms with van der Waals surface area (Å²) < 4.78 is 24.3. The Kier molecular flexibility index (Phi) is 8.56. The molecule has 0 saturated carbocycles. The summed E-state index contributed by atoms with van der Waals surface area (Å²) in [6.45, 7) is 5.74. The maximum absolute atomic E-state index is 15.6. The number of nitro benzene ring substituents is 1. The first kappa shape index (κ1) is 32.3. The third-order valence-electron chi connectivity index (χ3n) is 9.90. The fourth-order valence-corrected chi connectivity index (χ4v) is 7.27. The standard InChI is InChI=1S/C33H39FN10O5/c1-38-20-22(18-35-38)23-15-29(44(47)48)30(49-3)17-27(23)41-7-4-21(5-8-41)19-40-10-12-42(13-11-40)28-16-26-24(14-25(28)34)32(37-39(26)2)43-9-6-31(45)36-33(43)46/h14-18,20-21H,4-13,19H2,1-3H3,(H,36,45,46). The van der Waals surface area contributed by atoms with Crippen molar-refractivity contribution in [1.29, 1.82) is 0 Å². The molecule has 3 aliphatic rings. The summed E-state index contributed by atoms with van der Waals surface area (Å²) in [7, 11) is 5.04. The number of urea groups is 1. The number of imide groups is 1. The van der Waals surface area contributed by atoms with Gasteiger partial charge in [0.1, 0.15) is 5.82 Å². The van der Waals surface area contributed by atoms with E-state index in [-0.39, 0.29) is 36.1 Å². The van der Waals surface area contributed by atoms with Gasteiger partial charge in [-0.15, -0.1) is 0 Å². The van der Waals surface area contributed by atoms with Crippen molar-refractivity contribution in [2.45, 2.75) is 19.3 Å². The average molecular weight is 675 g/mol. The van der Waals surface area contributed by atoms with E-state index in [0.717, 1.165) is 62.4 Å². The average Bonchev–Trinajstić information content (AvgIpc) is 3.66. The van der Waals surface area contributed by atoms with Crippen LogP contribution < -0.4 is 24.8 Å². The number of amides is 3. The second kappa shape index (κ2) is 13.0. The second-order valence-electron chi connectivity index (χ2n) is 12.9. The first-order chi connectivity index (χ1) is 23.6. The fraction of sp³-hybridized carbons (Fsp3) is 0.455. The van der Waals surface area contributed by atoms with E-state index >= 15 is 4.39 Å². The number of fused-ring (bicyclic) bond motifs is 1. The number of rotatable bonds is 8. The van der Waals surface area contributed by atoms with E-state index in [1.54, 1.807) is 40.8 Å². The molecular weight excluding hydrogens is 635 g/mol. The zero-order chi connectivity index (χ0) is 34.4. The SMILES string of the molecule is COc1cc(N2CCC(CN3CCN(c4cc5c(cc4F)c(N4CCC(=O)NC4=O)nn5C)CC3)CC2)c(-c2cnn(C)c2)cc1[N+](=O)[O-]. The summed E-state index contributed by atoms with van der Waals surface area (Å²) >= 11 is 0. The quantitative estimate of drug-likeness (QED) is 0.218. The number of hydrogen-bond acceptors (Lipinski definition) is 10. The molecular formula is C33H39FN10O5. The zero-order valence-electron chi connectivity index (χ0n) is 27.8. The Morgan fingerprint density at radius 2 is 1.73 bits per heavy atom. The van der Waals surface area contributed by atoms with Crippen LogP contribution in [0, 0.1) is 21.8 Å². The number of piperidine rings is 1. The van der Waals surface area contributed by atoms with E-state index in [2.05, 4.69) is 30.2 Å². The van der Waals surface area contributed by atoms with Gasteiger partial charge < -0.3 is 14.5 Å². The second-order valence-corrected chi connectivity index (χ2v) is 12.9. The van der Waals surface area contributed by atoms with E-state index in [9.17, 15) is 19.7 Å². The molecule has 4 aromatic rings. The zero-order valence-corrected chi connectivity index (χ0v) is 27.8. The Balaban J connectivity index is 0.987. The number of nitrogens with zero attached hydrogens (tertiary/aromatic N) is 9. The highest BCUT2D eigenvalue weighted by atomic mass is 19.1. The van der Waals surface area contributed by atoms with E-state index in [1.807, 2.05) is 13.2 Å². The van der Waals surface area contributed by atoms with Gasteiger partial charge in [0, 0.05) is 113 Å². The van der Waals surface area contributed by atoms with Crippen LogP contribution in [0.2, 0.25) is 0 Å². The fourth-order valence-electron chi connectivity index (χ4n) is 7.27. The number of benzene rings is 2. The van der Waals surface area contributed by atoms with Crippen LogP contribution in [0.4, 0.5) is 32.1 Å². The summed E-state index contributed by atoms with van der Waals surface area (Å²) in [5.41, 5.74) is 3.62. The summed E-state index contributed by atoms with van der Waals surface area (Å²) in [4.78, 5) is 43.6. The molecule has 258 valence electrons. The highest BCUT2D eigenvalue weighted by molar-refractivity contribution is 6.09. The Morgan fingerprint density at radius 1 is 1.00 bits per heavy atom. The molecule has 16 heteroatoms. The smallest absolute Gasteiger partial charge is 0.329 e. The minimum atomic E-state index is -0.552. The van der Waals surface area contributed by atoms with Crippen molar-refractivity contribution in [2.75, 3.05) is 74.2 Å². The molecule has 0 atom stereocenters. The van der Waals surface area contributed by atoms with Crippen molar-refractivity contribution in [3.05, 3.63) is 52.6 Å². The van der Waals surface area contributed by atoms with Crippen LogP contribution in [0.15, 0.2) is 36.7 Å². The van der Waals surface area contributed by atoms with E-state index in [0.29, 0.717) is 41.4 Å². The van der Waals surface area contributed by atoms with Crippen molar-refractivity contribution in [2.24, 2.45) is 20.0 Å². The third kappa shape index (κ3) is 6.23. The number of aryl methyl sites for hydroxylation is 2. The number of piperazine rings is 1. The molecule has 0 bridgehead atoms. The van der Waals surface area contributed by atoms with E-state index in [4.69, 9.17) is 4.74 Å². The highest BCUT2D eigenvalue weighted by Gasteiger charge is 2.31. The molecule has 0 aliphatic carbocycles. The minimum absolute atomic E-state index is 0.0748. The normalized spacial score (nSPS) is 18.0. The molecule has 2 aromatic carbocycles. The number of ether oxygens (including phenoxy) is 1. The van der Waals surface area contributed by atoms with Gasteiger partial charge in [-0.25, -0.2) is 9.18 Å². The van der Waals surface area contributed by atoms with Crippen molar-refractivity contribution >= 4 is 45.7 Å². The predicted octanol–water partition coefficient (Wildman–Crippen LogP) is 3.51. The Hall–Kier alpha value is -5.25. The monoisotopic (exact) mass is 674 g/mol. The minimum Gasteiger partial charge on any atom is -0.490 e. The lowest BCUT2D eigenvalue weighted by atomic mass is 9.94. The molecule has 49 heavy (non-hydrogen) atoms. The van der Waals surface area contributed by atoms with Crippen LogP contribution in [-0.4, -0.2) is 101 Å². The number of halogens is 1. The molecule has 15 nitrogen and oxygen atoms in total. The molecule has 3 amide bonds. The van der Waals surface area contributed by atoms with E-state index in [1.165, 1.54) is 18.1 Å². The molecule has 3 saturated heterocycles. The lowest BCUT2D eigenvalue weighted by Gasteiger charge is -2.40. The first-order valence-electron chi connectivity index (χ1n) is 16.4. The summed E-state index contributed by atoms with van der Waals surface area (Å²) in [6, 6.07) is 6.04. The number of aromatic nitrogens is 4. The van der Waals surface area contributed by atoms with Gasteiger partial charge in [0.05, 0.1) is 29.4 Å². The predicted molar refractivity (Wildman–Crippen MR) is 182 cm³/mol. The molecule has 3 aliphatic heterocycles. The van der Waals surface area contributed by atoms with Crippen LogP contribution in [-0.2, 0) is 18.9 Å². The number of hydrogen-bond donors (Lipinski definition) is 1. The van der Waals surface area contributed by atoms with Gasteiger partial charge >= 0.3 is 11.7 Å². The Bertz CT molecular complexity index is 1930. The lowest BCUT2D eigenvalue weighted by Crippen LogP contribution is -2.49. The molecule has 0 spiro atoms. The molecule has 3 fully saturated rings. The van der Waals surface area contributed by atoms with Gasteiger partial charge in [-0.1, -0.05) is 0 Å². The molecule has 1 N–H and O–H groups in total. The van der Waals surface area contributed by atoms with Crippen molar-refractivity contribution < 1.29 is 23.6 Å². The third-order valence-corrected chi connectivity index (χ3v) is 9.90. The number of nitro groups is 1. The van der Waals surface area contributed by atoms with Gasteiger partial charge in [-0.3, -0.25) is 39.4 Å². The van der Waals surface area contributed by atoms with Gasteiger partial charge in [0.2, 0.25) is 5.91 Å². The van der Waals surface area contributed by atoms with Crippen LogP contribution >= 0.6 is 0 Å². The van der Waals surface area contributed by atoms with Crippen LogP contribution in [0.25, 0.3) is 22.0 Å². The number of carbonyl (C=O) groups excluding carboxylic acids is 2. The summed E-state index contributed by atoms with van der Waals surface area (Å²) in [5.74, 6) is 0.361. The van der Waals surface area contributed by atoms with Crippen LogP contribution in [0.1, 0.15) is 19.3 Å². The topological polar surface area (TPSA) is 147 Å². The van der Waals surface area contributed by atoms with Crippen molar-refractivity contribution in [3.8, 4) is 16.9 Å². The van der Waals surface area contributed by atoms with Crippen LogP contribution in [0.5, 0.6) is 5.75 Å². The largest absolute Gasteiger partial charge is 0.490 e. The van der Waals surface area contributed by atoms with Gasteiger partial charge in [0.25, 0.3) is 0 Å². The number of carbonyl (C=O) groups is 2. The lowest BCUT2D eigenvalue weighted by molar-refractivity contribution is -0.385. The molecule has 0 radical (unpaired) electrons. The van der Waals surface area contributed by atoms with Crippen molar-refractivity contribution in [1.82, 2.24) is 29.8 Å². The van der Waals surface area contributed by atoms with E-state index < -0.39 is 11.0 Å². The first-order valence-corrected chi connectivity index (χ1v) is 16.4. The molecule has 0 unspecified atom stereocenters. The van der Waals surface area contributed by atoms with Gasteiger partial charge in [-0.2, -0.15) is 10.2 Å². The number of anilines is 3. The molecule has 2 aromatic heterocycles. The van der Waals surface area contributed by atoms with Gasteiger partial charge in [-0.05, 0) is 30.9 Å². The highest BCUT2D eigenvalue weighted by Crippen LogP contribution is 2.41.